The zero-order valence-electron chi connectivity index (χ0n) is 11.3. The van der Waals surface area contributed by atoms with Gasteiger partial charge in [-0.15, -0.1) is 0 Å². The molecule has 0 aliphatic heterocycles. The van der Waals surface area contributed by atoms with Crippen LogP contribution < -0.4 is 11.1 Å². The van der Waals surface area contributed by atoms with Crippen molar-refractivity contribution in [3.63, 3.8) is 0 Å². The number of alkyl halides is 3. The number of nitrogen functional groups attached to an aromatic ring is 1. The van der Waals surface area contributed by atoms with Crippen molar-refractivity contribution in [1.82, 2.24) is 9.78 Å². The molecule has 21 heavy (non-hydrogen) atoms. The Kier molecular flexibility index (Phi) is 3.63. The zero-order valence-corrected chi connectivity index (χ0v) is 11.3. The van der Waals surface area contributed by atoms with E-state index in [0.29, 0.717) is 11.4 Å². The van der Waals surface area contributed by atoms with E-state index in [1.54, 1.807) is 20.2 Å². The van der Waals surface area contributed by atoms with Gasteiger partial charge in [-0.05, 0) is 25.1 Å². The summed E-state index contributed by atoms with van der Waals surface area (Å²) in [7, 11) is 1.67. The second kappa shape index (κ2) is 5.12. The number of nitrogens with two attached hydrogens (primary N) is 1. The highest BCUT2D eigenvalue weighted by molar-refractivity contribution is 6.08. The summed E-state index contributed by atoms with van der Waals surface area (Å²) in [6, 6.07) is 2.63. The zero-order chi connectivity index (χ0) is 15.8. The van der Waals surface area contributed by atoms with Crippen LogP contribution in [0.15, 0.2) is 24.4 Å². The second-order valence-corrected chi connectivity index (χ2v) is 4.56. The predicted molar refractivity (Wildman–Crippen MR) is 71.8 cm³/mol. The standard InChI is InChI=1S/C13H13F3N4O/c1-7-11(6-20(2)19-7)18-12(21)9-5-8(13(14,15)16)3-4-10(9)17/h3-6H,17H2,1-2H3,(H,18,21). The summed E-state index contributed by atoms with van der Waals surface area (Å²) in [5, 5.41) is 6.52. The quantitative estimate of drug-likeness (QED) is 0.837. The maximum Gasteiger partial charge on any atom is 0.416 e. The van der Waals surface area contributed by atoms with E-state index in [9.17, 15) is 18.0 Å². The van der Waals surface area contributed by atoms with Crippen molar-refractivity contribution in [3.8, 4) is 0 Å². The van der Waals surface area contributed by atoms with Gasteiger partial charge in [0.15, 0.2) is 0 Å². The van der Waals surface area contributed by atoms with Gasteiger partial charge in [0, 0.05) is 18.9 Å². The average molecular weight is 298 g/mol. The Balaban J connectivity index is 2.33. The fourth-order valence-electron chi connectivity index (χ4n) is 1.84. The molecule has 112 valence electrons. The first-order chi connectivity index (χ1) is 9.68. The molecule has 2 aromatic rings. The van der Waals surface area contributed by atoms with Gasteiger partial charge in [-0.2, -0.15) is 18.3 Å². The average Bonchev–Trinajstić information content (AvgIpc) is 2.66. The lowest BCUT2D eigenvalue weighted by molar-refractivity contribution is -0.137. The summed E-state index contributed by atoms with van der Waals surface area (Å²) < 4.78 is 39.5. The van der Waals surface area contributed by atoms with Crippen LogP contribution >= 0.6 is 0 Å². The van der Waals surface area contributed by atoms with Gasteiger partial charge in [-0.1, -0.05) is 0 Å². The fraction of sp³-hybridized carbons (Fsp3) is 0.231. The van der Waals surface area contributed by atoms with E-state index in [0.717, 1.165) is 18.2 Å². The molecular weight excluding hydrogens is 285 g/mol. The van der Waals surface area contributed by atoms with Gasteiger partial charge in [0.25, 0.3) is 5.91 Å². The minimum Gasteiger partial charge on any atom is -0.398 e. The molecule has 3 N–H and O–H groups in total. The number of carbonyl (C=O) groups excluding carboxylic acids is 1. The summed E-state index contributed by atoms with van der Waals surface area (Å²) in [5.74, 6) is -0.713. The van der Waals surface area contributed by atoms with Crippen LogP contribution in [0.25, 0.3) is 0 Å². The minimum atomic E-state index is -4.53. The molecule has 1 amide bonds. The Hall–Kier alpha value is -2.51. The summed E-state index contributed by atoms with van der Waals surface area (Å²) >= 11 is 0. The van der Waals surface area contributed by atoms with Gasteiger partial charge in [-0.25, -0.2) is 0 Å². The third kappa shape index (κ3) is 3.15. The number of nitrogens with one attached hydrogen (secondary N) is 1. The number of halogens is 3. The fourth-order valence-corrected chi connectivity index (χ4v) is 1.84. The third-order valence-electron chi connectivity index (χ3n) is 2.89. The lowest BCUT2D eigenvalue weighted by Gasteiger charge is -2.11. The lowest BCUT2D eigenvalue weighted by Crippen LogP contribution is -2.16. The SMILES string of the molecule is Cc1nn(C)cc1NC(=O)c1cc(C(F)(F)F)ccc1N. The number of benzene rings is 1. The number of hydrogen-bond donors (Lipinski definition) is 2. The summed E-state index contributed by atoms with van der Waals surface area (Å²) in [4.78, 5) is 12.1. The molecule has 1 aromatic carbocycles. The first-order valence-corrected chi connectivity index (χ1v) is 5.97. The van der Waals surface area contributed by atoms with Crippen LogP contribution in [0, 0.1) is 6.92 Å². The van der Waals surface area contributed by atoms with Crippen LogP contribution in [0.2, 0.25) is 0 Å². The van der Waals surface area contributed by atoms with Crippen molar-refractivity contribution in [2.45, 2.75) is 13.1 Å². The van der Waals surface area contributed by atoms with E-state index < -0.39 is 17.6 Å². The lowest BCUT2D eigenvalue weighted by atomic mass is 10.1. The molecule has 2 rings (SSSR count). The van der Waals surface area contributed by atoms with Gasteiger partial charge in [0.1, 0.15) is 0 Å². The molecule has 0 saturated heterocycles. The number of rotatable bonds is 2. The van der Waals surface area contributed by atoms with Gasteiger partial charge in [0.05, 0.1) is 22.5 Å². The van der Waals surface area contributed by atoms with Crippen molar-refractivity contribution >= 4 is 17.3 Å². The van der Waals surface area contributed by atoms with Crippen molar-refractivity contribution in [3.05, 3.63) is 41.2 Å². The molecule has 0 radical (unpaired) electrons. The van der Waals surface area contributed by atoms with Gasteiger partial charge >= 0.3 is 6.18 Å². The maximum atomic E-state index is 12.7. The topological polar surface area (TPSA) is 72.9 Å². The predicted octanol–water partition coefficient (Wildman–Crippen LogP) is 2.58. The third-order valence-corrected chi connectivity index (χ3v) is 2.89. The van der Waals surface area contributed by atoms with Crippen molar-refractivity contribution < 1.29 is 18.0 Å². The number of aromatic nitrogens is 2. The summed E-state index contributed by atoms with van der Waals surface area (Å²) in [6.07, 6.45) is -2.98. The number of nitrogens with zero attached hydrogens (tertiary/aromatic N) is 2. The van der Waals surface area contributed by atoms with Gasteiger partial charge in [0.2, 0.25) is 0 Å². The largest absolute Gasteiger partial charge is 0.416 e. The van der Waals surface area contributed by atoms with E-state index in [-0.39, 0.29) is 11.3 Å². The van der Waals surface area contributed by atoms with Gasteiger partial charge in [-0.3, -0.25) is 9.48 Å². The summed E-state index contributed by atoms with van der Waals surface area (Å²) in [5.41, 5.74) is 5.37. The highest BCUT2D eigenvalue weighted by atomic mass is 19.4. The van der Waals surface area contributed by atoms with E-state index in [1.165, 1.54) is 4.68 Å². The number of aryl methyl sites for hydroxylation is 2. The Bertz CT molecular complexity index is 691. The molecule has 1 aromatic heterocycles. The molecule has 0 saturated carbocycles. The molecule has 0 unspecified atom stereocenters. The van der Waals surface area contributed by atoms with Crippen molar-refractivity contribution in [1.29, 1.82) is 0 Å². The molecule has 0 aliphatic rings. The first kappa shape index (κ1) is 14.9. The normalized spacial score (nSPS) is 11.5. The van der Waals surface area contributed by atoms with E-state index in [2.05, 4.69) is 10.4 Å². The molecule has 0 bridgehead atoms. The summed E-state index contributed by atoms with van der Waals surface area (Å²) in [6.45, 7) is 1.67. The Labute approximate surface area is 118 Å². The highest BCUT2D eigenvalue weighted by Gasteiger charge is 2.31. The number of carbonyl (C=O) groups is 1. The molecule has 0 aliphatic carbocycles. The van der Waals surface area contributed by atoms with Crippen LogP contribution in [-0.2, 0) is 13.2 Å². The molecule has 5 nitrogen and oxygen atoms in total. The Morgan fingerprint density at radius 2 is 2.05 bits per heavy atom. The number of amides is 1. The van der Waals surface area contributed by atoms with Gasteiger partial charge < -0.3 is 11.1 Å². The van der Waals surface area contributed by atoms with Crippen LogP contribution in [0.1, 0.15) is 21.6 Å². The van der Waals surface area contributed by atoms with E-state index in [4.69, 9.17) is 5.73 Å². The number of hydrogen-bond acceptors (Lipinski definition) is 3. The second-order valence-electron chi connectivity index (χ2n) is 4.56. The van der Waals surface area contributed by atoms with Crippen molar-refractivity contribution in [2.24, 2.45) is 7.05 Å². The van der Waals surface area contributed by atoms with Crippen LogP contribution in [-0.4, -0.2) is 15.7 Å². The molecule has 0 atom stereocenters. The van der Waals surface area contributed by atoms with E-state index >= 15 is 0 Å². The monoisotopic (exact) mass is 298 g/mol. The minimum absolute atomic E-state index is 0.0259. The van der Waals surface area contributed by atoms with E-state index in [1.807, 2.05) is 0 Å². The first-order valence-electron chi connectivity index (χ1n) is 5.97. The smallest absolute Gasteiger partial charge is 0.398 e. The van der Waals surface area contributed by atoms with Crippen LogP contribution in [0.4, 0.5) is 24.5 Å². The van der Waals surface area contributed by atoms with Crippen LogP contribution in [0.5, 0.6) is 0 Å². The number of anilines is 2. The molecule has 1 heterocycles. The molecule has 8 heteroatoms. The molecular formula is C13H13F3N4O. The maximum absolute atomic E-state index is 12.7. The molecule has 0 spiro atoms. The van der Waals surface area contributed by atoms with Crippen LogP contribution in [0.3, 0.4) is 0 Å². The molecule has 0 fully saturated rings. The van der Waals surface area contributed by atoms with Crippen molar-refractivity contribution in [2.75, 3.05) is 11.1 Å². The Morgan fingerprint density at radius 1 is 1.38 bits per heavy atom. The Morgan fingerprint density at radius 3 is 2.57 bits per heavy atom. The highest BCUT2D eigenvalue weighted by Crippen LogP contribution is 2.31.